The number of nitrogens with zero attached hydrogens (tertiary/aromatic N) is 2. The lowest BCUT2D eigenvalue weighted by atomic mass is 10.1. The topological polar surface area (TPSA) is 62.5 Å². The molecule has 2 heterocycles. The van der Waals surface area contributed by atoms with Gasteiger partial charge < -0.3 is 14.6 Å². The fourth-order valence-electron chi connectivity index (χ4n) is 3.34. The lowest BCUT2D eigenvalue weighted by Crippen LogP contribution is -2.30. The number of carboxylic acid groups (broad SMARTS) is 1. The number of benzene rings is 1. The van der Waals surface area contributed by atoms with E-state index in [1.807, 2.05) is 38.1 Å². The van der Waals surface area contributed by atoms with Gasteiger partial charge in [-0.2, -0.15) is 0 Å². The van der Waals surface area contributed by atoms with Gasteiger partial charge in [0.25, 0.3) is 5.91 Å². The van der Waals surface area contributed by atoms with Gasteiger partial charge in [0.1, 0.15) is 0 Å². The molecule has 1 aliphatic rings. The highest BCUT2D eigenvalue weighted by Crippen LogP contribution is 2.23. The molecule has 3 rings (SSSR count). The summed E-state index contributed by atoms with van der Waals surface area (Å²) in [7, 11) is 0. The molecule has 1 aromatic carbocycles. The van der Waals surface area contributed by atoms with Gasteiger partial charge in [0.15, 0.2) is 0 Å². The van der Waals surface area contributed by atoms with Crippen molar-refractivity contribution in [1.29, 1.82) is 0 Å². The highest BCUT2D eigenvalue weighted by atomic mass is 16.4. The van der Waals surface area contributed by atoms with E-state index in [1.54, 1.807) is 4.90 Å². The van der Waals surface area contributed by atoms with E-state index >= 15 is 0 Å². The average Bonchev–Trinajstić information content (AvgIpc) is 3.16. The van der Waals surface area contributed by atoms with Crippen molar-refractivity contribution in [3.63, 3.8) is 0 Å². The van der Waals surface area contributed by atoms with Crippen LogP contribution in [0.15, 0.2) is 36.4 Å². The Labute approximate surface area is 141 Å². The SMILES string of the molecule is Cc1cc(C(=O)N2CC[C@@H](C(=O)O)C2)c(C)n1Cc1ccccc1. The largest absolute Gasteiger partial charge is 0.481 e. The second kappa shape index (κ2) is 6.51. The second-order valence-corrected chi connectivity index (χ2v) is 6.43. The molecule has 1 N–H and O–H groups in total. The fourth-order valence-corrected chi connectivity index (χ4v) is 3.34. The summed E-state index contributed by atoms with van der Waals surface area (Å²) < 4.78 is 2.13. The van der Waals surface area contributed by atoms with E-state index in [1.165, 1.54) is 5.56 Å². The van der Waals surface area contributed by atoms with Crippen LogP contribution in [-0.2, 0) is 11.3 Å². The van der Waals surface area contributed by atoms with Crippen molar-refractivity contribution in [3.8, 4) is 0 Å². The third-order valence-corrected chi connectivity index (χ3v) is 4.81. The number of hydrogen-bond donors (Lipinski definition) is 1. The number of carboxylic acids is 1. The molecule has 24 heavy (non-hydrogen) atoms. The number of carbonyl (C=O) groups excluding carboxylic acids is 1. The van der Waals surface area contributed by atoms with E-state index in [-0.39, 0.29) is 5.91 Å². The second-order valence-electron chi connectivity index (χ2n) is 6.43. The lowest BCUT2D eigenvalue weighted by molar-refractivity contribution is -0.141. The summed E-state index contributed by atoms with van der Waals surface area (Å²) in [4.78, 5) is 25.5. The molecule has 0 unspecified atom stereocenters. The quantitative estimate of drug-likeness (QED) is 0.939. The molecular formula is C19H22N2O3. The molecular weight excluding hydrogens is 304 g/mol. The van der Waals surface area contributed by atoms with Gasteiger partial charge in [0.2, 0.25) is 0 Å². The van der Waals surface area contributed by atoms with Crippen molar-refractivity contribution < 1.29 is 14.7 Å². The van der Waals surface area contributed by atoms with Crippen LogP contribution < -0.4 is 0 Å². The molecule has 1 amide bonds. The third-order valence-electron chi connectivity index (χ3n) is 4.81. The van der Waals surface area contributed by atoms with Crippen LogP contribution in [0.2, 0.25) is 0 Å². The zero-order valence-electron chi connectivity index (χ0n) is 14.0. The number of carbonyl (C=O) groups is 2. The normalized spacial score (nSPS) is 17.2. The summed E-state index contributed by atoms with van der Waals surface area (Å²) in [6, 6.07) is 12.0. The molecule has 2 aromatic rings. The van der Waals surface area contributed by atoms with Crippen molar-refractivity contribution in [2.45, 2.75) is 26.8 Å². The minimum atomic E-state index is -0.820. The van der Waals surface area contributed by atoms with Gasteiger partial charge in [-0.15, -0.1) is 0 Å². The molecule has 1 aliphatic heterocycles. The molecule has 5 nitrogen and oxygen atoms in total. The van der Waals surface area contributed by atoms with E-state index in [2.05, 4.69) is 16.7 Å². The summed E-state index contributed by atoms with van der Waals surface area (Å²) >= 11 is 0. The fraction of sp³-hybridized carbons (Fsp3) is 0.368. The minimum Gasteiger partial charge on any atom is -0.481 e. The maximum Gasteiger partial charge on any atom is 0.308 e. The van der Waals surface area contributed by atoms with E-state index in [0.29, 0.717) is 25.1 Å². The van der Waals surface area contributed by atoms with E-state index < -0.39 is 11.9 Å². The van der Waals surface area contributed by atoms with Gasteiger partial charge in [-0.25, -0.2) is 0 Å². The molecule has 1 fully saturated rings. The van der Waals surface area contributed by atoms with E-state index in [4.69, 9.17) is 5.11 Å². The highest BCUT2D eigenvalue weighted by molar-refractivity contribution is 5.96. The number of amides is 1. The Morgan fingerprint density at radius 1 is 1.21 bits per heavy atom. The Bertz CT molecular complexity index is 764. The molecule has 0 spiro atoms. The maximum absolute atomic E-state index is 12.8. The van der Waals surface area contributed by atoms with Gasteiger partial charge in [0, 0.05) is 31.0 Å². The average molecular weight is 326 g/mol. The Morgan fingerprint density at radius 3 is 2.54 bits per heavy atom. The van der Waals surface area contributed by atoms with Crippen LogP contribution in [0.25, 0.3) is 0 Å². The first kappa shape index (κ1) is 16.3. The molecule has 126 valence electrons. The van der Waals surface area contributed by atoms with Crippen molar-refractivity contribution >= 4 is 11.9 Å². The summed E-state index contributed by atoms with van der Waals surface area (Å²) in [5.74, 6) is -1.33. The lowest BCUT2D eigenvalue weighted by Gasteiger charge is -2.16. The van der Waals surface area contributed by atoms with Gasteiger partial charge in [-0.05, 0) is 31.9 Å². The summed E-state index contributed by atoms with van der Waals surface area (Å²) in [5, 5.41) is 9.11. The molecule has 1 aromatic heterocycles. The van der Waals surface area contributed by atoms with Crippen LogP contribution >= 0.6 is 0 Å². The molecule has 0 aliphatic carbocycles. The third kappa shape index (κ3) is 3.07. The van der Waals surface area contributed by atoms with Crippen molar-refractivity contribution in [1.82, 2.24) is 9.47 Å². The highest BCUT2D eigenvalue weighted by Gasteiger charge is 2.32. The Kier molecular flexibility index (Phi) is 4.42. The maximum atomic E-state index is 12.8. The predicted molar refractivity (Wildman–Crippen MR) is 91.1 cm³/mol. The van der Waals surface area contributed by atoms with Gasteiger partial charge in [-0.1, -0.05) is 30.3 Å². The Hall–Kier alpha value is -2.56. The predicted octanol–water partition coefficient (Wildman–Crippen LogP) is 2.70. The van der Waals surface area contributed by atoms with Gasteiger partial charge in [0.05, 0.1) is 11.5 Å². The molecule has 0 saturated carbocycles. The number of hydrogen-bond acceptors (Lipinski definition) is 2. The summed E-state index contributed by atoms with van der Waals surface area (Å²) in [6.07, 6.45) is 0.532. The molecule has 1 atom stereocenters. The summed E-state index contributed by atoms with van der Waals surface area (Å²) in [5.41, 5.74) is 3.83. The van der Waals surface area contributed by atoms with E-state index in [9.17, 15) is 9.59 Å². The van der Waals surface area contributed by atoms with Crippen LogP contribution in [-0.4, -0.2) is 39.5 Å². The van der Waals surface area contributed by atoms with Gasteiger partial charge in [-0.3, -0.25) is 9.59 Å². The number of aliphatic carboxylic acids is 1. The molecule has 5 heteroatoms. The Morgan fingerprint density at radius 2 is 1.92 bits per heavy atom. The molecule has 0 bridgehead atoms. The standard InChI is InChI=1S/C19H22N2O3/c1-13-10-17(18(22)20-9-8-16(12-20)19(23)24)14(2)21(13)11-15-6-4-3-5-7-15/h3-7,10,16H,8-9,11-12H2,1-2H3,(H,23,24)/t16-/m1/s1. The van der Waals surface area contributed by atoms with Crippen molar-refractivity contribution in [2.75, 3.05) is 13.1 Å². The first-order valence-electron chi connectivity index (χ1n) is 8.20. The zero-order chi connectivity index (χ0) is 17.3. The Balaban J connectivity index is 1.81. The number of rotatable bonds is 4. The van der Waals surface area contributed by atoms with Crippen LogP contribution in [0.3, 0.4) is 0 Å². The van der Waals surface area contributed by atoms with Crippen LogP contribution in [0.4, 0.5) is 0 Å². The minimum absolute atomic E-state index is 0.0637. The number of aryl methyl sites for hydroxylation is 1. The monoisotopic (exact) mass is 326 g/mol. The number of aromatic nitrogens is 1. The molecule has 0 radical (unpaired) electrons. The van der Waals surface area contributed by atoms with Crippen LogP contribution in [0.5, 0.6) is 0 Å². The van der Waals surface area contributed by atoms with Crippen LogP contribution in [0.1, 0.15) is 33.7 Å². The zero-order valence-corrected chi connectivity index (χ0v) is 14.0. The first-order chi connectivity index (χ1) is 11.5. The van der Waals surface area contributed by atoms with E-state index in [0.717, 1.165) is 17.9 Å². The van der Waals surface area contributed by atoms with Crippen LogP contribution in [0, 0.1) is 19.8 Å². The first-order valence-corrected chi connectivity index (χ1v) is 8.20. The van der Waals surface area contributed by atoms with Crippen molar-refractivity contribution in [2.24, 2.45) is 5.92 Å². The van der Waals surface area contributed by atoms with Gasteiger partial charge >= 0.3 is 5.97 Å². The summed E-state index contributed by atoms with van der Waals surface area (Å²) in [6.45, 7) is 5.49. The molecule has 1 saturated heterocycles. The smallest absolute Gasteiger partial charge is 0.308 e. The number of likely N-dealkylation sites (tertiary alicyclic amines) is 1. The van der Waals surface area contributed by atoms with Crippen molar-refractivity contribution in [3.05, 3.63) is 58.9 Å².